The molecule has 7 heteroatoms. The van der Waals surface area contributed by atoms with E-state index in [1.165, 1.54) is 6.20 Å². The topological polar surface area (TPSA) is 95.7 Å². The zero-order valence-corrected chi connectivity index (χ0v) is 8.19. The number of aromatic nitrogens is 2. The summed E-state index contributed by atoms with van der Waals surface area (Å²) in [6.45, 7) is -0.440. The molecule has 1 saturated heterocycles. The van der Waals surface area contributed by atoms with E-state index in [2.05, 4.69) is 9.97 Å². The second-order valence-electron chi connectivity index (χ2n) is 3.50. The largest absolute Gasteiger partial charge is 0.394 e. The lowest BCUT2D eigenvalue weighted by molar-refractivity contribution is -0.0255. The van der Waals surface area contributed by atoms with Crippen molar-refractivity contribution in [2.24, 2.45) is 0 Å². The lowest BCUT2D eigenvalue weighted by Gasteiger charge is -2.12. The van der Waals surface area contributed by atoms with Crippen LogP contribution in [0.5, 0.6) is 0 Å². The molecule has 0 bridgehead atoms. The van der Waals surface area contributed by atoms with Crippen LogP contribution in [0, 0.1) is 5.95 Å². The third-order valence-electron chi connectivity index (χ3n) is 2.44. The van der Waals surface area contributed by atoms with Crippen LogP contribution in [0.4, 0.5) is 4.39 Å². The van der Waals surface area contributed by atoms with Crippen LogP contribution in [0.1, 0.15) is 11.9 Å². The lowest BCUT2D eigenvalue weighted by Crippen LogP contribution is -2.32. The molecule has 1 aromatic heterocycles. The summed E-state index contributed by atoms with van der Waals surface area (Å²) in [5, 5.41) is 28.0. The average Bonchev–Trinajstić information content (AvgIpc) is 2.56. The summed E-state index contributed by atoms with van der Waals surface area (Å²) in [6, 6.07) is 1.06. The van der Waals surface area contributed by atoms with Gasteiger partial charge in [-0.25, -0.2) is 9.97 Å². The van der Waals surface area contributed by atoms with Crippen molar-refractivity contribution in [3.8, 4) is 0 Å². The highest BCUT2D eigenvalue weighted by Crippen LogP contribution is 2.31. The summed E-state index contributed by atoms with van der Waals surface area (Å²) in [4.78, 5) is 7.20. The van der Waals surface area contributed by atoms with E-state index in [4.69, 9.17) is 9.84 Å². The minimum atomic E-state index is -1.28. The minimum Gasteiger partial charge on any atom is -0.394 e. The standard InChI is InChI=1S/C9H11FN2O4/c10-5-1-2-11-9(12-5)8-7(15)6(14)4(3-13)16-8/h1-2,4,6-8,13-15H,3H2/t4-,6-,7+,8-/m0/s1. The number of nitrogens with zero attached hydrogens (tertiary/aromatic N) is 2. The van der Waals surface area contributed by atoms with Gasteiger partial charge < -0.3 is 20.1 Å². The van der Waals surface area contributed by atoms with E-state index < -0.39 is 37.0 Å². The van der Waals surface area contributed by atoms with Crippen LogP contribution in [0.3, 0.4) is 0 Å². The van der Waals surface area contributed by atoms with Crippen LogP contribution in [-0.2, 0) is 4.74 Å². The number of rotatable bonds is 2. The molecule has 0 unspecified atom stereocenters. The van der Waals surface area contributed by atoms with Crippen molar-refractivity contribution in [3.05, 3.63) is 24.0 Å². The van der Waals surface area contributed by atoms with Crippen molar-refractivity contribution in [2.45, 2.75) is 24.4 Å². The van der Waals surface area contributed by atoms with Gasteiger partial charge in [0.2, 0.25) is 5.95 Å². The molecule has 0 spiro atoms. The summed E-state index contributed by atoms with van der Waals surface area (Å²) >= 11 is 0. The molecule has 0 aromatic carbocycles. The van der Waals surface area contributed by atoms with Gasteiger partial charge in [0.05, 0.1) is 6.61 Å². The maximum absolute atomic E-state index is 12.8. The summed E-state index contributed by atoms with van der Waals surface area (Å²) in [6.07, 6.45) is -3.26. The monoisotopic (exact) mass is 230 g/mol. The van der Waals surface area contributed by atoms with Gasteiger partial charge in [-0.2, -0.15) is 4.39 Å². The Morgan fingerprint density at radius 1 is 1.38 bits per heavy atom. The molecule has 3 N–H and O–H groups in total. The van der Waals surface area contributed by atoms with E-state index in [1.54, 1.807) is 0 Å². The fourth-order valence-electron chi connectivity index (χ4n) is 1.60. The van der Waals surface area contributed by atoms with Gasteiger partial charge >= 0.3 is 0 Å². The Kier molecular flexibility index (Phi) is 3.10. The number of aliphatic hydroxyl groups excluding tert-OH is 3. The van der Waals surface area contributed by atoms with Crippen molar-refractivity contribution < 1.29 is 24.4 Å². The van der Waals surface area contributed by atoms with Crippen molar-refractivity contribution in [1.82, 2.24) is 9.97 Å². The van der Waals surface area contributed by atoms with Gasteiger partial charge in [-0.15, -0.1) is 0 Å². The molecule has 2 rings (SSSR count). The quantitative estimate of drug-likeness (QED) is 0.550. The van der Waals surface area contributed by atoms with Crippen molar-refractivity contribution >= 4 is 0 Å². The van der Waals surface area contributed by atoms with E-state index in [9.17, 15) is 14.6 Å². The van der Waals surface area contributed by atoms with E-state index in [0.29, 0.717) is 0 Å². The first-order chi connectivity index (χ1) is 7.63. The molecule has 0 amide bonds. The molecule has 16 heavy (non-hydrogen) atoms. The second-order valence-corrected chi connectivity index (χ2v) is 3.50. The van der Waals surface area contributed by atoms with E-state index in [0.717, 1.165) is 6.07 Å². The highest BCUT2D eigenvalue weighted by molar-refractivity contribution is 5.03. The zero-order valence-electron chi connectivity index (χ0n) is 8.19. The zero-order chi connectivity index (χ0) is 11.7. The molecule has 1 fully saturated rings. The molecule has 88 valence electrons. The first-order valence-electron chi connectivity index (χ1n) is 4.74. The third-order valence-corrected chi connectivity index (χ3v) is 2.44. The van der Waals surface area contributed by atoms with E-state index >= 15 is 0 Å². The van der Waals surface area contributed by atoms with Crippen LogP contribution in [0.25, 0.3) is 0 Å². The molecular formula is C9H11FN2O4. The fourth-order valence-corrected chi connectivity index (χ4v) is 1.60. The smallest absolute Gasteiger partial charge is 0.216 e. The Morgan fingerprint density at radius 2 is 2.12 bits per heavy atom. The van der Waals surface area contributed by atoms with Gasteiger partial charge in [0, 0.05) is 12.3 Å². The van der Waals surface area contributed by atoms with Gasteiger partial charge in [0.1, 0.15) is 24.4 Å². The highest BCUT2D eigenvalue weighted by atomic mass is 19.1. The number of ether oxygens (including phenoxy) is 1. The first-order valence-corrected chi connectivity index (χ1v) is 4.74. The van der Waals surface area contributed by atoms with Gasteiger partial charge in [0.25, 0.3) is 0 Å². The van der Waals surface area contributed by atoms with Crippen LogP contribution in [-0.4, -0.2) is 50.2 Å². The van der Waals surface area contributed by atoms with Gasteiger partial charge in [0.15, 0.2) is 5.82 Å². The summed E-state index contributed by atoms with van der Waals surface area (Å²) < 4.78 is 18.0. The maximum atomic E-state index is 12.8. The molecule has 6 nitrogen and oxygen atoms in total. The minimum absolute atomic E-state index is 0.0532. The summed E-state index contributed by atoms with van der Waals surface area (Å²) in [5.41, 5.74) is 0. The Bertz CT molecular complexity index is 378. The van der Waals surface area contributed by atoms with E-state index in [-0.39, 0.29) is 5.82 Å². The Labute approximate surface area is 90.4 Å². The molecule has 1 aliphatic heterocycles. The average molecular weight is 230 g/mol. The Morgan fingerprint density at radius 3 is 2.69 bits per heavy atom. The number of aliphatic hydroxyl groups is 3. The third kappa shape index (κ3) is 1.90. The predicted molar refractivity (Wildman–Crippen MR) is 48.7 cm³/mol. The normalized spacial score (nSPS) is 34.2. The number of hydrogen-bond acceptors (Lipinski definition) is 6. The van der Waals surface area contributed by atoms with Crippen LogP contribution < -0.4 is 0 Å². The van der Waals surface area contributed by atoms with Crippen molar-refractivity contribution in [2.75, 3.05) is 6.61 Å². The number of hydrogen-bond donors (Lipinski definition) is 3. The highest BCUT2D eigenvalue weighted by Gasteiger charge is 2.44. The molecule has 1 aromatic rings. The Balaban J connectivity index is 2.23. The molecule has 2 heterocycles. The Hall–Kier alpha value is -1.15. The first kappa shape index (κ1) is 11.3. The second kappa shape index (κ2) is 4.38. The molecule has 0 radical (unpaired) electrons. The van der Waals surface area contributed by atoms with Crippen molar-refractivity contribution in [3.63, 3.8) is 0 Å². The lowest BCUT2D eigenvalue weighted by atomic mass is 10.1. The maximum Gasteiger partial charge on any atom is 0.216 e. The summed E-state index contributed by atoms with van der Waals surface area (Å²) in [5.74, 6) is -0.801. The van der Waals surface area contributed by atoms with Gasteiger partial charge in [-0.05, 0) is 0 Å². The molecule has 0 saturated carbocycles. The predicted octanol–water partition coefficient (Wildman–Crippen LogP) is -1.23. The SMILES string of the molecule is OC[C@@H]1O[C@H](c2nccc(F)n2)[C@H](O)[C@H]1O. The van der Waals surface area contributed by atoms with Crippen LogP contribution in [0.2, 0.25) is 0 Å². The molecule has 0 aliphatic carbocycles. The van der Waals surface area contributed by atoms with Crippen LogP contribution in [0.15, 0.2) is 12.3 Å². The van der Waals surface area contributed by atoms with E-state index in [1.807, 2.05) is 0 Å². The fraction of sp³-hybridized carbons (Fsp3) is 0.556. The van der Waals surface area contributed by atoms with Gasteiger partial charge in [-0.1, -0.05) is 0 Å². The summed E-state index contributed by atoms with van der Waals surface area (Å²) in [7, 11) is 0. The van der Waals surface area contributed by atoms with Gasteiger partial charge in [-0.3, -0.25) is 0 Å². The number of halogens is 1. The van der Waals surface area contributed by atoms with Crippen molar-refractivity contribution in [1.29, 1.82) is 0 Å². The molecule has 1 aliphatic rings. The molecular weight excluding hydrogens is 219 g/mol. The molecule has 4 atom stereocenters. The van der Waals surface area contributed by atoms with Crippen LogP contribution >= 0.6 is 0 Å².